The Bertz CT molecular complexity index is 341. The summed E-state index contributed by atoms with van der Waals surface area (Å²) in [6.45, 7) is 12.2. The molecule has 2 nitrogen and oxygen atoms in total. The molecule has 0 radical (unpaired) electrons. The van der Waals surface area contributed by atoms with Gasteiger partial charge in [-0.3, -0.25) is 0 Å². The lowest BCUT2D eigenvalue weighted by atomic mass is 10.1. The predicted octanol–water partition coefficient (Wildman–Crippen LogP) is 3.31. The molecular formula is C17H30N2. The number of hydrogen-bond acceptors (Lipinski definition) is 2. The van der Waals surface area contributed by atoms with Crippen molar-refractivity contribution >= 4 is 0 Å². The minimum atomic E-state index is 0.546. The van der Waals surface area contributed by atoms with Crippen molar-refractivity contribution in [2.75, 3.05) is 20.1 Å². The first kappa shape index (κ1) is 16.2. The van der Waals surface area contributed by atoms with Crippen molar-refractivity contribution in [3.63, 3.8) is 0 Å². The molecule has 1 aromatic carbocycles. The van der Waals surface area contributed by atoms with E-state index in [1.54, 1.807) is 0 Å². The zero-order valence-electron chi connectivity index (χ0n) is 13.2. The van der Waals surface area contributed by atoms with Gasteiger partial charge in [0.2, 0.25) is 0 Å². The molecule has 0 unspecified atom stereocenters. The van der Waals surface area contributed by atoms with Crippen LogP contribution in [0.4, 0.5) is 0 Å². The fourth-order valence-electron chi connectivity index (χ4n) is 2.18. The van der Waals surface area contributed by atoms with Gasteiger partial charge in [-0.25, -0.2) is 0 Å². The summed E-state index contributed by atoms with van der Waals surface area (Å²) in [5.74, 6) is 0.745. The second kappa shape index (κ2) is 8.34. The highest BCUT2D eigenvalue weighted by Gasteiger charge is 2.02. The Labute approximate surface area is 119 Å². The smallest absolute Gasteiger partial charge is 0.0207 e. The third-order valence-corrected chi connectivity index (χ3v) is 3.20. The quantitative estimate of drug-likeness (QED) is 0.773. The van der Waals surface area contributed by atoms with Crippen LogP contribution in [-0.4, -0.2) is 31.1 Å². The molecule has 0 spiro atoms. The average Bonchev–Trinajstić information content (AvgIpc) is 2.34. The lowest BCUT2D eigenvalue weighted by Crippen LogP contribution is -2.25. The second-order valence-corrected chi connectivity index (χ2v) is 6.26. The van der Waals surface area contributed by atoms with Crippen molar-refractivity contribution < 1.29 is 0 Å². The number of benzene rings is 1. The van der Waals surface area contributed by atoms with Crippen molar-refractivity contribution in [1.29, 1.82) is 0 Å². The van der Waals surface area contributed by atoms with Crippen LogP contribution in [0.15, 0.2) is 24.3 Å². The number of nitrogens with one attached hydrogen (secondary N) is 1. The Morgan fingerprint density at radius 3 is 2.11 bits per heavy atom. The monoisotopic (exact) mass is 262 g/mol. The molecule has 1 rings (SSSR count). The van der Waals surface area contributed by atoms with E-state index in [1.165, 1.54) is 17.7 Å². The van der Waals surface area contributed by atoms with E-state index in [2.05, 4.69) is 69.2 Å². The molecular weight excluding hydrogens is 232 g/mol. The normalized spacial score (nSPS) is 11.8. The minimum absolute atomic E-state index is 0.546. The summed E-state index contributed by atoms with van der Waals surface area (Å²) in [4.78, 5) is 2.42. The van der Waals surface area contributed by atoms with Gasteiger partial charge in [0, 0.05) is 25.7 Å². The lowest BCUT2D eigenvalue weighted by molar-refractivity contribution is 0.299. The van der Waals surface area contributed by atoms with Crippen LogP contribution in [0, 0.1) is 5.92 Å². The van der Waals surface area contributed by atoms with Gasteiger partial charge in [0.15, 0.2) is 0 Å². The molecule has 0 aromatic heterocycles. The van der Waals surface area contributed by atoms with Crippen LogP contribution in [0.1, 0.15) is 38.8 Å². The first-order valence-electron chi connectivity index (χ1n) is 7.47. The van der Waals surface area contributed by atoms with Crippen molar-refractivity contribution in [3.8, 4) is 0 Å². The molecule has 0 amide bonds. The van der Waals surface area contributed by atoms with E-state index in [0.29, 0.717) is 6.04 Å². The standard InChI is InChI=1S/C17H30N2/c1-14(2)13-19(5)11-10-16-6-8-17(9-7-16)12-18-15(3)4/h6-9,14-15,18H,10-13H2,1-5H3. The van der Waals surface area contributed by atoms with Gasteiger partial charge in [-0.2, -0.15) is 0 Å². The summed E-state index contributed by atoms with van der Waals surface area (Å²) in [7, 11) is 2.21. The molecule has 1 N–H and O–H groups in total. The molecule has 0 bridgehead atoms. The van der Waals surface area contributed by atoms with E-state index >= 15 is 0 Å². The summed E-state index contributed by atoms with van der Waals surface area (Å²) in [6.07, 6.45) is 1.14. The molecule has 0 saturated carbocycles. The molecule has 0 atom stereocenters. The van der Waals surface area contributed by atoms with Gasteiger partial charge in [0.25, 0.3) is 0 Å². The lowest BCUT2D eigenvalue weighted by Gasteiger charge is -2.18. The summed E-state index contributed by atoms with van der Waals surface area (Å²) >= 11 is 0. The Hall–Kier alpha value is -0.860. The maximum Gasteiger partial charge on any atom is 0.0207 e. The van der Waals surface area contributed by atoms with Crippen LogP contribution in [0.25, 0.3) is 0 Å². The number of rotatable bonds is 8. The van der Waals surface area contributed by atoms with Gasteiger partial charge in [0.05, 0.1) is 0 Å². The van der Waals surface area contributed by atoms with Crippen LogP contribution >= 0.6 is 0 Å². The predicted molar refractivity (Wildman–Crippen MR) is 84.5 cm³/mol. The van der Waals surface area contributed by atoms with Crippen LogP contribution in [-0.2, 0) is 13.0 Å². The van der Waals surface area contributed by atoms with Gasteiger partial charge < -0.3 is 10.2 Å². The topological polar surface area (TPSA) is 15.3 Å². The summed E-state index contributed by atoms with van der Waals surface area (Å²) < 4.78 is 0. The van der Waals surface area contributed by atoms with Crippen molar-refractivity contribution in [2.24, 2.45) is 5.92 Å². The highest BCUT2D eigenvalue weighted by molar-refractivity contribution is 5.22. The van der Waals surface area contributed by atoms with Crippen molar-refractivity contribution in [3.05, 3.63) is 35.4 Å². The van der Waals surface area contributed by atoms with Gasteiger partial charge >= 0.3 is 0 Å². The molecule has 19 heavy (non-hydrogen) atoms. The molecule has 0 fully saturated rings. The zero-order chi connectivity index (χ0) is 14.3. The largest absolute Gasteiger partial charge is 0.310 e. The summed E-state index contributed by atoms with van der Waals surface area (Å²) in [5.41, 5.74) is 2.80. The SMILES string of the molecule is CC(C)CN(C)CCc1ccc(CNC(C)C)cc1. The van der Waals surface area contributed by atoms with Gasteiger partial charge in [0.1, 0.15) is 0 Å². The molecule has 1 aromatic rings. The molecule has 0 saturated heterocycles. The van der Waals surface area contributed by atoms with E-state index in [1.807, 2.05) is 0 Å². The van der Waals surface area contributed by atoms with E-state index in [4.69, 9.17) is 0 Å². The summed E-state index contributed by atoms with van der Waals surface area (Å²) in [5, 5.41) is 3.44. The Morgan fingerprint density at radius 2 is 1.58 bits per heavy atom. The molecule has 0 aliphatic rings. The fourth-order valence-corrected chi connectivity index (χ4v) is 2.18. The maximum absolute atomic E-state index is 3.44. The number of likely N-dealkylation sites (N-methyl/N-ethyl adjacent to an activating group) is 1. The highest BCUT2D eigenvalue weighted by atomic mass is 15.1. The molecule has 0 aliphatic heterocycles. The first-order valence-corrected chi connectivity index (χ1v) is 7.47. The van der Waals surface area contributed by atoms with Crippen molar-refractivity contribution in [2.45, 2.75) is 46.7 Å². The Kier molecular flexibility index (Phi) is 7.11. The third-order valence-electron chi connectivity index (χ3n) is 3.20. The van der Waals surface area contributed by atoms with E-state index < -0.39 is 0 Å². The third kappa shape index (κ3) is 7.34. The zero-order valence-corrected chi connectivity index (χ0v) is 13.2. The summed E-state index contributed by atoms with van der Waals surface area (Å²) in [6, 6.07) is 9.56. The second-order valence-electron chi connectivity index (χ2n) is 6.26. The van der Waals surface area contributed by atoms with Crippen LogP contribution in [0.5, 0.6) is 0 Å². The van der Waals surface area contributed by atoms with Crippen molar-refractivity contribution in [1.82, 2.24) is 10.2 Å². The molecule has 2 heteroatoms. The Balaban J connectivity index is 2.35. The molecule has 0 heterocycles. The van der Waals surface area contributed by atoms with Gasteiger partial charge in [-0.1, -0.05) is 52.0 Å². The average molecular weight is 262 g/mol. The fraction of sp³-hybridized carbons (Fsp3) is 0.647. The highest BCUT2D eigenvalue weighted by Crippen LogP contribution is 2.06. The van der Waals surface area contributed by atoms with Gasteiger partial charge in [-0.15, -0.1) is 0 Å². The van der Waals surface area contributed by atoms with Crippen LogP contribution in [0.2, 0.25) is 0 Å². The number of hydrogen-bond donors (Lipinski definition) is 1. The van der Waals surface area contributed by atoms with E-state index in [9.17, 15) is 0 Å². The van der Waals surface area contributed by atoms with Crippen LogP contribution in [0.3, 0.4) is 0 Å². The molecule has 0 aliphatic carbocycles. The van der Waals surface area contributed by atoms with Crippen LogP contribution < -0.4 is 5.32 Å². The molecule has 108 valence electrons. The Morgan fingerprint density at radius 1 is 1.00 bits per heavy atom. The van der Waals surface area contributed by atoms with E-state index in [-0.39, 0.29) is 0 Å². The van der Waals surface area contributed by atoms with E-state index in [0.717, 1.165) is 25.4 Å². The first-order chi connectivity index (χ1) is 8.97. The van der Waals surface area contributed by atoms with Gasteiger partial charge in [-0.05, 0) is 30.5 Å². The maximum atomic E-state index is 3.44. The minimum Gasteiger partial charge on any atom is -0.310 e. The number of nitrogens with zero attached hydrogens (tertiary/aromatic N) is 1.